The molecular formula is C9H9N3O2. The summed E-state index contributed by atoms with van der Waals surface area (Å²) in [5.74, 6) is 4.62. The van der Waals surface area contributed by atoms with Crippen molar-refractivity contribution in [3.63, 3.8) is 0 Å². The van der Waals surface area contributed by atoms with Crippen molar-refractivity contribution in [2.45, 2.75) is 0 Å². The van der Waals surface area contributed by atoms with Crippen molar-refractivity contribution >= 4 is 11.7 Å². The lowest BCUT2D eigenvalue weighted by Gasteiger charge is -2.04. The fourth-order valence-corrected chi connectivity index (χ4v) is 1.01. The number of hydrogen-bond donors (Lipinski definition) is 2. The number of methoxy groups -OCH3 is 1. The summed E-state index contributed by atoms with van der Waals surface area (Å²) in [5.41, 5.74) is 3.41. The van der Waals surface area contributed by atoms with Gasteiger partial charge in [0, 0.05) is 5.69 Å². The molecule has 0 bridgehead atoms. The predicted molar refractivity (Wildman–Crippen MR) is 50.3 cm³/mol. The molecule has 0 aliphatic carbocycles. The molecule has 3 N–H and O–H groups in total. The maximum Gasteiger partial charge on any atom is 0.339 e. The summed E-state index contributed by atoms with van der Waals surface area (Å²) in [6.07, 6.45) is 0. The number of nitrogens with two attached hydrogens (primary N) is 1. The highest BCUT2D eigenvalue weighted by molar-refractivity contribution is 5.92. The first-order valence-corrected chi connectivity index (χ1v) is 3.82. The minimum absolute atomic E-state index is 0.229. The van der Waals surface area contributed by atoms with Gasteiger partial charge in [0.1, 0.15) is 6.07 Å². The van der Waals surface area contributed by atoms with Gasteiger partial charge in [-0.2, -0.15) is 5.26 Å². The number of esters is 1. The van der Waals surface area contributed by atoms with Gasteiger partial charge in [0.2, 0.25) is 0 Å². The van der Waals surface area contributed by atoms with Gasteiger partial charge >= 0.3 is 5.97 Å². The average molecular weight is 191 g/mol. The maximum atomic E-state index is 11.2. The van der Waals surface area contributed by atoms with Gasteiger partial charge in [-0.1, -0.05) is 0 Å². The van der Waals surface area contributed by atoms with Crippen LogP contribution in [0, 0.1) is 11.3 Å². The minimum atomic E-state index is -0.537. The number of rotatable bonds is 2. The van der Waals surface area contributed by atoms with Gasteiger partial charge in [-0.15, -0.1) is 0 Å². The molecular weight excluding hydrogens is 182 g/mol. The van der Waals surface area contributed by atoms with Crippen molar-refractivity contribution in [1.82, 2.24) is 0 Å². The largest absolute Gasteiger partial charge is 0.465 e. The zero-order valence-corrected chi connectivity index (χ0v) is 7.57. The van der Waals surface area contributed by atoms with Gasteiger partial charge < -0.3 is 10.2 Å². The molecule has 0 spiro atoms. The molecule has 1 rings (SSSR count). The third kappa shape index (κ3) is 1.81. The molecule has 72 valence electrons. The molecule has 0 aliphatic heterocycles. The molecule has 0 saturated heterocycles. The molecule has 0 unspecified atom stereocenters. The molecule has 5 nitrogen and oxygen atoms in total. The second-order valence-corrected chi connectivity index (χ2v) is 2.51. The monoisotopic (exact) mass is 191 g/mol. The van der Waals surface area contributed by atoms with E-state index in [2.05, 4.69) is 10.2 Å². The molecule has 0 saturated carbocycles. The zero-order valence-electron chi connectivity index (χ0n) is 7.57. The Bertz CT molecular complexity index is 396. The van der Waals surface area contributed by atoms with Crippen molar-refractivity contribution < 1.29 is 9.53 Å². The van der Waals surface area contributed by atoms with Crippen molar-refractivity contribution in [1.29, 1.82) is 5.26 Å². The quantitative estimate of drug-likeness (QED) is 0.406. The number of nitrogens with zero attached hydrogens (tertiary/aromatic N) is 1. The van der Waals surface area contributed by atoms with Gasteiger partial charge in [0.05, 0.1) is 18.2 Å². The lowest BCUT2D eigenvalue weighted by molar-refractivity contribution is 0.0600. The topological polar surface area (TPSA) is 88.1 Å². The summed E-state index contributed by atoms with van der Waals surface area (Å²) in [6, 6.07) is 6.44. The van der Waals surface area contributed by atoms with Gasteiger partial charge in [0.25, 0.3) is 0 Å². The molecule has 0 fully saturated rings. The smallest absolute Gasteiger partial charge is 0.339 e. The van der Waals surface area contributed by atoms with Crippen LogP contribution in [0.15, 0.2) is 18.2 Å². The van der Waals surface area contributed by atoms with Crippen LogP contribution in [0.4, 0.5) is 5.69 Å². The highest BCUT2D eigenvalue weighted by Gasteiger charge is 2.11. The maximum absolute atomic E-state index is 11.2. The Balaban J connectivity index is 3.20. The zero-order chi connectivity index (χ0) is 10.6. The van der Waals surface area contributed by atoms with Gasteiger partial charge in [-0.3, -0.25) is 5.84 Å². The third-order valence-electron chi connectivity index (χ3n) is 1.71. The second-order valence-electron chi connectivity index (χ2n) is 2.51. The van der Waals surface area contributed by atoms with E-state index in [0.29, 0.717) is 5.69 Å². The van der Waals surface area contributed by atoms with Gasteiger partial charge in [0.15, 0.2) is 0 Å². The molecule has 1 aromatic rings. The lowest BCUT2D eigenvalue weighted by atomic mass is 10.1. The van der Waals surface area contributed by atoms with E-state index in [1.807, 2.05) is 6.07 Å². The van der Waals surface area contributed by atoms with Gasteiger partial charge in [-0.25, -0.2) is 4.79 Å². The Morgan fingerprint density at radius 2 is 2.36 bits per heavy atom. The second kappa shape index (κ2) is 4.25. The number of nitriles is 1. The Kier molecular flexibility index (Phi) is 3.05. The van der Waals surface area contributed by atoms with Crippen LogP contribution < -0.4 is 11.3 Å². The normalized spacial score (nSPS) is 8.93. The molecule has 5 heteroatoms. The van der Waals surface area contributed by atoms with E-state index >= 15 is 0 Å². The highest BCUT2D eigenvalue weighted by Crippen LogP contribution is 2.15. The number of hydrazine groups is 1. The molecule has 0 radical (unpaired) electrons. The third-order valence-corrected chi connectivity index (χ3v) is 1.71. The number of carbonyl (C=O) groups is 1. The fraction of sp³-hybridized carbons (Fsp3) is 0.111. The van der Waals surface area contributed by atoms with Crippen LogP contribution in [0.2, 0.25) is 0 Å². The summed E-state index contributed by atoms with van der Waals surface area (Å²) in [5, 5.41) is 8.76. The van der Waals surface area contributed by atoms with Gasteiger partial charge in [-0.05, 0) is 18.2 Å². The van der Waals surface area contributed by atoms with Crippen LogP contribution in [0.1, 0.15) is 15.9 Å². The Labute approximate surface area is 81.1 Å². The highest BCUT2D eigenvalue weighted by atomic mass is 16.5. The number of carbonyl (C=O) groups excluding carboxylic acids is 1. The predicted octanol–water partition coefficient (Wildman–Crippen LogP) is 0.630. The number of ether oxygens (including phenoxy) is 1. The van der Waals surface area contributed by atoms with E-state index in [9.17, 15) is 4.79 Å². The Morgan fingerprint density at radius 3 is 2.86 bits per heavy atom. The Hall–Kier alpha value is -2.06. The molecule has 0 aliphatic rings. The molecule has 0 aromatic heterocycles. The number of nitrogens with one attached hydrogen (secondary N) is 1. The van der Waals surface area contributed by atoms with Crippen molar-refractivity contribution in [2.75, 3.05) is 12.5 Å². The van der Waals surface area contributed by atoms with E-state index in [4.69, 9.17) is 11.1 Å². The van der Waals surface area contributed by atoms with E-state index in [0.717, 1.165) is 0 Å². The van der Waals surface area contributed by atoms with E-state index in [-0.39, 0.29) is 11.1 Å². The van der Waals surface area contributed by atoms with E-state index in [1.54, 1.807) is 6.07 Å². The van der Waals surface area contributed by atoms with Crippen molar-refractivity contribution in [3.8, 4) is 6.07 Å². The number of anilines is 1. The average Bonchev–Trinajstić information content (AvgIpc) is 2.27. The molecule has 0 heterocycles. The van der Waals surface area contributed by atoms with Crippen LogP contribution in [-0.4, -0.2) is 13.1 Å². The summed E-state index contributed by atoms with van der Waals surface area (Å²) in [6.45, 7) is 0. The first-order chi connectivity index (χ1) is 6.72. The van der Waals surface area contributed by atoms with Crippen molar-refractivity contribution in [3.05, 3.63) is 29.3 Å². The molecule has 0 amide bonds. The Morgan fingerprint density at radius 1 is 1.64 bits per heavy atom. The standard InChI is InChI=1S/C9H9N3O2/c1-14-9(13)8-3-2-7(12-11)4-6(8)5-10/h2-4,12H,11H2,1H3. The van der Waals surface area contributed by atoms with Crippen molar-refractivity contribution in [2.24, 2.45) is 5.84 Å². The summed E-state index contributed by atoms with van der Waals surface area (Å²) < 4.78 is 4.51. The van der Waals surface area contributed by atoms with Crippen LogP contribution in [0.25, 0.3) is 0 Å². The van der Waals surface area contributed by atoms with E-state index in [1.165, 1.54) is 19.2 Å². The lowest BCUT2D eigenvalue weighted by Crippen LogP contribution is -2.09. The number of benzene rings is 1. The summed E-state index contributed by atoms with van der Waals surface area (Å²) in [4.78, 5) is 11.2. The molecule has 0 atom stereocenters. The van der Waals surface area contributed by atoms with Crippen LogP contribution in [0.5, 0.6) is 0 Å². The SMILES string of the molecule is COC(=O)c1ccc(NN)cc1C#N. The van der Waals surface area contributed by atoms with Crippen LogP contribution in [-0.2, 0) is 4.74 Å². The summed E-state index contributed by atoms with van der Waals surface area (Å²) >= 11 is 0. The number of hydrogen-bond acceptors (Lipinski definition) is 5. The summed E-state index contributed by atoms with van der Waals surface area (Å²) in [7, 11) is 1.26. The fourth-order valence-electron chi connectivity index (χ4n) is 1.01. The molecule has 1 aromatic carbocycles. The van der Waals surface area contributed by atoms with Crippen LogP contribution >= 0.6 is 0 Å². The minimum Gasteiger partial charge on any atom is -0.465 e. The number of nitrogen functional groups attached to an aromatic ring is 1. The van der Waals surface area contributed by atoms with Crippen LogP contribution in [0.3, 0.4) is 0 Å². The van der Waals surface area contributed by atoms with E-state index < -0.39 is 5.97 Å². The molecule has 14 heavy (non-hydrogen) atoms. The first kappa shape index (κ1) is 10.0. The first-order valence-electron chi connectivity index (χ1n) is 3.82.